The maximum absolute atomic E-state index is 9.67. The van der Waals surface area contributed by atoms with Crippen LogP contribution >= 0.6 is 0 Å². The first kappa shape index (κ1) is 10.9. The molecule has 3 rings (SSSR count). The Morgan fingerprint density at radius 1 is 1.41 bits per heavy atom. The molecule has 0 aromatic heterocycles. The predicted molar refractivity (Wildman–Crippen MR) is 69.6 cm³/mol. The van der Waals surface area contributed by atoms with Crippen molar-refractivity contribution in [3.05, 3.63) is 23.8 Å². The Hall–Kier alpha value is -1.22. The number of fused-ring (bicyclic) bond motifs is 2. The van der Waals surface area contributed by atoms with Gasteiger partial charge in [0.2, 0.25) is 0 Å². The molecule has 3 nitrogen and oxygen atoms in total. The molecule has 1 spiro atoms. The molecule has 0 radical (unpaired) electrons. The zero-order chi connectivity index (χ0) is 12.0. The largest absolute Gasteiger partial charge is 0.508 e. The fraction of sp³-hybridized carbons (Fsp3) is 0.571. The van der Waals surface area contributed by atoms with Crippen molar-refractivity contribution in [2.45, 2.75) is 31.7 Å². The van der Waals surface area contributed by atoms with E-state index in [-0.39, 0.29) is 5.41 Å². The van der Waals surface area contributed by atoms with E-state index in [1.165, 1.54) is 17.7 Å². The monoisotopic (exact) mass is 232 g/mol. The van der Waals surface area contributed by atoms with Crippen LogP contribution < -0.4 is 5.32 Å². The highest BCUT2D eigenvalue weighted by Crippen LogP contribution is 2.44. The van der Waals surface area contributed by atoms with E-state index in [0.29, 0.717) is 11.8 Å². The number of hydrogen-bond donors (Lipinski definition) is 2. The van der Waals surface area contributed by atoms with Gasteiger partial charge in [0, 0.05) is 30.2 Å². The molecule has 1 atom stereocenters. The van der Waals surface area contributed by atoms with Gasteiger partial charge in [-0.3, -0.25) is 4.90 Å². The van der Waals surface area contributed by atoms with Crippen LogP contribution in [0.3, 0.4) is 0 Å². The second-order valence-corrected chi connectivity index (χ2v) is 5.68. The molecule has 1 fully saturated rings. The highest BCUT2D eigenvalue weighted by atomic mass is 16.3. The van der Waals surface area contributed by atoms with E-state index < -0.39 is 0 Å². The highest BCUT2D eigenvalue weighted by molar-refractivity contribution is 5.63. The number of anilines is 1. The molecule has 2 N–H and O–H groups in total. The summed E-state index contributed by atoms with van der Waals surface area (Å²) < 4.78 is 0. The summed E-state index contributed by atoms with van der Waals surface area (Å²) in [4.78, 5) is 2.53. The van der Waals surface area contributed by atoms with Crippen LogP contribution in [0.25, 0.3) is 0 Å². The molecule has 0 amide bonds. The van der Waals surface area contributed by atoms with Gasteiger partial charge in [-0.1, -0.05) is 0 Å². The minimum absolute atomic E-state index is 0.221. The summed E-state index contributed by atoms with van der Waals surface area (Å²) in [5.74, 6) is 0.384. The van der Waals surface area contributed by atoms with E-state index in [1.54, 1.807) is 6.07 Å². The quantitative estimate of drug-likeness (QED) is 0.728. The van der Waals surface area contributed by atoms with E-state index in [9.17, 15) is 5.11 Å². The third-order valence-electron chi connectivity index (χ3n) is 4.31. The second kappa shape index (κ2) is 3.64. The maximum atomic E-state index is 9.67. The van der Waals surface area contributed by atoms with Gasteiger partial charge in [0.05, 0.1) is 0 Å². The maximum Gasteiger partial charge on any atom is 0.116 e. The third-order valence-corrected chi connectivity index (χ3v) is 4.31. The van der Waals surface area contributed by atoms with Gasteiger partial charge in [-0.15, -0.1) is 0 Å². The van der Waals surface area contributed by atoms with Crippen molar-refractivity contribution >= 4 is 5.69 Å². The van der Waals surface area contributed by atoms with Crippen LogP contribution in [0.5, 0.6) is 5.75 Å². The van der Waals surface area contributed by atoms with Crippen molar-refractivity contribution in [2.75, 3.05) is 25.0 Å². The van der Waals surface area contributed by atoms with Crippen molar-refractivity contribution in [3.63, 3.8) is 0 Å². The number of hydrogen-bond acceptors (Lipinski definition) is 3. The van der Waals surface area contributed by atoms with Crippen LogP contribution in [-0.4, -0.2) is 35.7 Å². The summed E-state index contributed by atoms with van der Waals surface area (Å²) in [6, 6.07) is 6.31. The Morgan fingerprint density at radius 2 is 2.24 bits per heavy atom. The van der Waals surface area contributed by atoms with Gasteiger partial charge in [0.1, 0.15) is 5.75 Å². The fourth-order valence-corrected chi connectivity index (χ4v) is 3.19. The van der Waals surface area contributed by atoms with E-state index >= 15 is 0 Å². The summed E-state index contributed by atoms with van der Waals surface area (Å²) in [6.45, 7) is 7.78. The molecular weight excluding hydrogens is 212 g/mol. The number of aromatic hydroxyl groups is 1. The number of phenolic OH excluding ortho intramolecular Hbond substituents is 1. The van der Waals surface area contributed by atoms with E-state index in [0.717, 1.165) is 19.6 Å². The molecule has 1 saturated heterocycles. The molecule has 2 aliphatic heterocycles. The molecule has 0 aliphatic carbocycles. The molecule has 3 heteroatoms. The molecule has 1 aromatic carbocycles. The van der Waals surface area contributed by atoms with Crippen molar-refractivity contribution in [2.24, 2.45) is 0 Å². The zero-order valence-corrected chi connectivity index (χ0v) is 10.5. The Morgan fingerprint density at radius 3 is 2.94 bits per heavy atom. The normalized spacial score (nSPS) is 27.7. The Bertz CT molecular complexity index is 444. The van der Waals surface area contributed by atoms with E-state index in [1.807, 2.05) is 12.1 Å². The first-order chi connectivity index (χ1) is 8.11. The number of likely N-dealkylation sites (tertiary alicyclic amines) is 1. The summed E-state index contributed by atoms with van der Waals surface area (Å²) in [7, 11) is 0. The molecule has 1 unspecified atom stereocenters. The van der Waals surface area contributed by atoms with Gasteiger partial charge >= 0.3 is 0 Å². The van der Waals surface area contributed by atoms with Gasteiger partial charge < -0.3 is 10.4 Å². The van der Waals surface area contributed by atoms with Crippen LogP contribution in [-0.2, 0) is 5.41 Å². The lowest BCUT2D eigenvalue weighted by molar-refractivity contribution is 0.260. The first-order valence-corrected chi connectivity index (χ1v) is 6.42. The Labute approximate surface area is 102 Å². The molecule has 2 heterocycles. The van der Waals surface area contributed by atoms with Crippen LogP contribution in [0.2, 0.25) is 0 Å². The van der Waals surface area contributed by atoms with Crippen molar-refractivity contribution in [3.8, 4) is 5.75 Å². The number of phenols is 1. The second-order valence-electron chi connectivity index (χ2n) is 5.68. The molecule has 1 aromatic rings. The average Bonchev–Trinajstić information content (AvgIpc) is 2.86. The van der Waals surface area contributed by atoms with Gasteiger partial charge in [-0.05, 0) is 50.6 Å². The molecule has 0 bridgehead atoms. The summed E-state index contributed by atoms with van der Waals surface area (Å²) >= 11 is 0. The minimum Gasteiger partial charge on any atom is -0.508 e. The Balaban J connectivity index is 1.95. The SMILES string of the molecule is CC(C)N1CCC2(CNc3ccc(O)cc32)C1. The first-order valence-electron chi connectivity index (χ1n) is 6.42. The molecular formula is C14H20N2O. The average molecular weight is 232 g/mol. The number of rotatable bonds is 1. The van der Waals surface area contributed by atoms with Crippen molar-refractivity contribution in [1.29, 1.82) is 0 Å². The standard InChI is InChI=1S/C14H20N2O/c1-10(2)16-6-5-14(9-16)8-15-13-4-3-11(17)7-12(13)14/h3-4,7,10,15,17H,5-6,8-9H2,1-2H3. The minimum atomic E-state index is 0.221. The molecule has 2 aliphatic rings. The van der Waals surface area contributed by atoms with Gasteiger partial charge in [-0.25, -0.2) is 0 Å². The third kappa shape index (κ3) is 1.61. The highest BCUT2D eigenvalue weighted by Gasteiger charge is 2.44. The van der Waals surface area contributed by atoms with Crippen molar-refractivity contribution in [1.82, 2.24) is 4.90 Å². The van der Waals surface area contributed by atoms with Crippen LogP contribution in [0.1, 0.15) is 25.8 Å². The van der Waals surface area contributed by atoms with Gasteiger partial charge in [0.25, 0.3) is 0 Å². The van der Waals surface area contributed by atoms with Gasteiger partial charge in [0.15, 0.2) is 0 Å². The summed E-state index contributed by atoms with van der Waals surface area (Å²) in [5, 5.41) is 13.2. The zero-order valence-electron chi connectivity index (χ0n) is 10.5. The Kier molecular flexibility index (Phi) is 2.33. The number of benzene rings is 1. The molecule has 17 heavy (non-hydrogen) atoms. The van der Waals surface area contributed by atoms with E-state index in [2.05, 4.69) is 24.1 Å². The summed E-state index contributed by atoms with van der Waals surface area (Å²) in [6.07, 6.45) is 1.19. The van der Waals surface area contributed by atoms with Crippen LogP contribution in [0.4, 0.5) is 5.69 Å². The number of nitrogens with one attached hydrogen (secondary N) is 1. The van der Waals surface area contributed by atoms with Gasteiger partial charge in [-0.2, -0.15) is 0 Å². The molecule has 92 valence electrons. The lowest BCUT2D eigenvalue weighted by Gasteiger charge is -2.26. The smallest absolute Gasteiger partial charge is 0.116 e. The van der Waals surface area contributed by atoms with Crippen molar-refractivity contribution < 1.29 is 5.11 Å². The molecule has 0 saturated carbocycles. The topological polar surface area (TPSA) is 35.5 Å². The van der Waals surface area contributed by atoms with E-state index in [4.69, 9.17) is 0 Å². The van der Waals surface area contributed by atoms with Crippen LogP contribution in [0.15, 0.2) is 18.2 Å². The predicted octanol–water partition coefficient (Wildman–Crippen LogP) is 2.17. The van der Waals surface area contributed by atoms with Crippen LogP contribution in [0, 0.1) is 0 Å². The lowest BCUT2D eigenvalue weighted by atomic mass is 9.81. The fourth-order valence-electron chi connectivity index (χ4n) is 3.19. The lowest BCUT2D eigenvalue weighted by Crippen LogP contribution is -2.35. The number of nitrogens with zero attached hydrogens (tertiary/aromatic N) is 1. The summed E-state index contributed by atoms with van der Waals surface area (Å²) in [5.41, 5.74) is 2.73.